The van der Waals surface area contributed by atoms with E-state index in [0.29, 0.717) is 17.1 Å². The van der Waals surface area contributed by atoms with Gasteiger partial charge in [0.1, 0.15) is 5.82 Å². The molecular weight excluding hydrogens is 291 g/mol. The lowest BCUT2D eigenvalue weighted by atomic mass is 10.2. The van der Waals surface area contributed by atoms with Gasteiger partial charge in [0.15, 0.2) is 0 Å². The normalized spacial score (nSPS) is 16.2. The van der Waals surface area contributed by atoms with Crippen LogP contribution in [0.25, 0.3) is 0 Å². The number of hydrogen-bond acceptors (Lipinski definition) is 4. The number of nitrogen functional groups attached to an aromatic ring is 1. The smallest absolute Gasteiger partial charge is 0.148 e. The van der Waals surface area contributed by atoms with Crippen molar-refractivity contribution in [2.75, 3.05) is 43.9 Å². The summed E-state index contributed by atoms with van der Waals surface area (Å²) < 4.78 is 14.5. The van der Waals surface area contributed by atoms with E-state index in [2.05, 4.69) is 16.9 Å². The van der Waals surface area contributed by atoms with E-state index in [9.17, 15) is 4.39 Å². The molecule has 1 saturated heterocycles. The van der Waals surface area contributed by atoms with E-state index in [1.807, 2.05) is 35.2 Å². The van der Waals surface area contributed by atoms with E-state index >= 15 is 0 Å². The molecule has 0 atom stereocenters. The number of aliphatic imine (C=N–C) groups is 1. The van der Waals surface area contributed by atoms with E-state index in [1.165, 1.54) is 6.07 Å². The van der Waals surface area contributed by atoms with Crippen molar-refractivity contribution < 1.29 is 4.39 Å². The second kappa shape index (κ2) is 6.79. The summed E-state index contributed by atoms with van der Waals surface area (Å²) in [6.07, 6.45) is 1.70. The van der Waals surface area contributed by atoms with E-state index in [-0.39, 0.29) is 5.82 Å². The summed E-state index contributed by atoms with van der Waals surface area (Å²) in [5, 5.41) is 0. The van der Waals surface area contributed by atoms with Crippen molar-refractivity contribution in [1.82, 2.24) is 4.90 Å². The Morgan fingerprint density at radius 2 is 1.78 bits per heavy atom. The molecule has 5 heteroatoms. The lowest BCUT2D eigenvalue weighted by Crippen LogP contribution is -2.44. The number of nitrogens with zero attached hydrogens (tertiary/aromatic N) is 3. The van der Waals surface area contributed by atoms with Gasteiger partial charge in [-0.1, -0.05) is 30.3 Å². The number of benzene rings is 2. The van der Waals surface area contributed by atoms with Crippen LogP contribution in [-0.2, 0) is 0 Å². The van der Waals surface area contributed by atoms with Crippen LogP contribution >= 0.6 is 0 Å². The summed E-state index contributed by atoms with van der Waals surface area (Å²) in [5.74, 6) is -0.274. The van der Waals surface area contributed by atoms with Crippen molar-refractivity contribution in [2.45, 2.75) is 0 Å². The number of halogens is 1. The fourth-order valence-electron chi connectivity index (χ4n) is 2.65. The lowest BCUT2D eigenvalue weighted by Gasteiger charge is -2.34. The van der Waals surface area contributed by atoms with Gasteiger partial charge in [0.05, 0.1) is 17.1 Å². The minimum atomic E-state index is -0.274. The maximum atomic E-state index is 14.5. The van der Waals surface area contributed by atoms with Crippen LogP contribution in [0.5, 0.6) is 0 Å². The number of piperazine rings is 1. The highest BCUT2D eigenvalue weighted by Gasteiger charge is 2.18. The van der Waals surface area contributed by atoms with Crippen LogP contribution in [-0.4, -0.2) is 44.3 Å². The molecule has 4 nitrogen and oxygen atoms in total. The minimum Gasteiger partial charge on any atom is -0.397 e. The van der Waals surface area contributed by atoms with Gasteiger partial charge >= 0.3 is 0 Å². The largest absolute Gasteiger partial charge is 0.397 e. The maximum Gasteiger partial charge on any atom is 0.148 e. The van der Waals surface area contributed by atoms with Gasteiger partial charge in [0.2, 0.25) is 0 Å². The molecule has 0 amide bonds. The molecule has 1 aliphatic heterocycles. The summed E-state index contributed by atoms with van der Waals surface area (Å²) in [7, 11) is 2.07. The topological polar surface area (TPSA) is 44.9 Å². The SMILES string of the molecule is CN1CCN(c2cc(N)c(N=Cc3ccccc3)cc2F)CC1. The third kappa shape index (κ3) is 3.68. The van der Waals surface area contributed by atoms with Crippen molar-refractivity contribution in [1.29, 1.82) is 0 Å². The average Bonchev–Trinajstić information content (AvgIpc) is 2.57. The molecule has 2 aromatic rings. The van der Waals surface area contributed by atoms with Crippen molar-refractivity contribution in [3.8, 4) is 0 Å². The molecule has 1 aliphatic rings. The highest BCUT2D eigenvalue weighted by molar-refractivity contribution is 5.84. The molecule has 2 aromatic carbocycles. The molecule has 23 heavy (non-hydrogen) atoms. The highest BCUT2D eigenvalue weighted by atomic mass is 19.1. The summed E-state index contributed by atoms with van der Waals surface area (Å²) in [4.78, 5) is 8.59. The molecule has 1 fully saturated rings. The van der Waals surface area contributed by atoms with Crippen LogP contribution in [0, 0.1) is 5.82 Å². The molecule has 2 N–H and O–H groups in total. The van der Waals surface area contributed by atoms with E-state index in [4.69, 9.17) is 5.73 Å². The molecule has 0 bridgehead atoms. The predicted octanol–water partition coefficient (Wildman–Crippen LogP) is 2.91. The van der Waals surface area contributed by atoms with Gasteiger partial charge < -0.3 is 15.5 Å². The lowest BCUT2D eigenvalue weighted by molar-refractivity contribution is 0.312. The number of nitrogens with two attached hydrogens (primary N) is 1. The van der Waals surface area contributed by atoms with Crippen LogP contribution in [0.15, 0.2) is 47.5 Å². The second-order valence-corrected chi connectivity index (χ2v) is 5.82. The average molecular weight is 312 g/mol. The van der Waals surface area contributed by atoms with E-state index < -0.39 is 0 Å². The third-order valence-corrected chi connectivity index (χ3v) is 4.09. The van der Waals surface area contributed by atoms with Crippen molar-refractivity contribution in [2.24, 2.45) is 4.99 Å². The standard InChI is InChI=1S/C18H21FN4/c1-22-7-9-23(10-8-22)18-12-16(20)17(11-15(18)19)21-13-14-5-3-2-4-6-14/h2-6,11-13H,7-10,20H2,1H3. The first-order chi connectivity index (χ1) is 11.1. The zero-order valence-corrected chi connectivity index (χ0v) is 13.2. The number of rotatable bonds is 3. The van der Waals surface area contributed by atoms with Gasteiger partial charge in [0, 0.05) is 38.5 Å². The summed E-state index contributed by atoms with van der Waals surface area (Å²) in [6, 6.07) is 12.8. The van der Waals surface area contributed by atoms with E-state index in [0.717, 1.165) is 31.7 Å². The second-order valence-electron chi connectivity index (χ2n) is 5.82. The molecule has 0 aliphatic carbocycles. The molecule has 0 saturated carbocycles. The Morgan fingerprint density at radius 3 is 2.48 bits per heavy atom. The zero-order chi connectivity index (χ0) is 16.2. The first-order valence-corrected chi connectivity index (χ1v) is 7.75. The third-order valence-electron chi connectivity index (χ3n) is 4.09. The molecule has 0 unspecified atom stereocenters. The van der Waals surface area contributed by atoms with Gasteiger partial charge in [0.25, 0.3) is 0 Å². The van der Waals surface area contributed by atoms with Gasteiger partial charge in [-0.3, -0.25) is 4.99 Å². The fourth-order valence-corrected chi connectivity index (χ4v) is 2.65. The van der Waals surface area contributed by atoms with E-state index in [1.54, 1.807) is 12.3 Å². The number of likely N-dealkylation sites (N-methyl/N-ethyl adjacent to an activating group) is 1. The summed E-state index contributed by atoms with van der Waals surface area (Å²) >= 11 is 0. The van der Waals surface area contributed by atoms with Gasteiger partial charge in [-0.25, -0.2) is 4.39 Å². The van der Waals surface area contributed by atoms with Crippen molar-refractivity contribution >= 4 is 23.3 Å². The Bertz CT molecular complexity index is 692. The van der Waals surface area contributed by atoms with Crippen LogP contribution in [0.4, 0.5) is 21.5 Å². The molecular formula is C18H21FN4. The molecule has 0 aromatic heterocycles. The van der Waals surface area contributed by atoms with Crippen LogP contribution in [0.3, 0.4) is 0 Å². The minimum absolute atomic E-state index is 0.274. The Morgan fingerprint density at radius 1 is 1.09 bits per heavy atom. The van der Waals surface area contributed by atoms with Gasteiger partial charge in [-0.2, -0.15) is 0 Å². The van der Waals surface area contributed by atoms with Crippen LogP contribution in [0.2, 0.25) is 0 Å². The molecule has 0 spiro atoms. The Kier molecular flexibility index (Phi) is 4.57. The highest BCUT2D eigenvalue weighted by Crippen LogP contribution is 2.31. The summed E-state index contributed by atoms with van der Waals surface area (Å²) in [6.45, 7) is 3.46. The molecule has 0 radical (unpaired) electrons. The zero-order valence-electron chi connectivity index (χ0n) is 13.2. The fraction of sp³-hybridized carbons (Fsp3) is 0.278. The van der Waals surface area contributed by atoms with Crippen LogP contribution in [0.1, 0.15) is 5.56 Å². The van der Waals surface area contributed by atoms with Crippen LogP contribution < -0.4 is 10.6 Å². The number of anilines is 2. The Balaban J connectivity index is 1.81. The van der Waals surface area contributed by atoms with Gasteiger partial charge in [-0.15, -0.1) is 0 Å². The Labute approximate surface area is 136 Å². The molecule has 120 valence electrons. The van der Waals surface area contributed by atoms with Gasteiger partial charge in [-0.05, 0) is 18.7 Å². The van der Waals surface area contributed by atoms with Crippen molar-refractivity contribution in [3.63, 3.8) is 0 Å². The summed E-state index contributed by atoms with van der Waals surface area (Å²) in [5.41, 5.74) is 8.54. The molecule has 3 rings (SSSR count). The first-order valence-electron chi connectivity index (χ1n) is 7.75. The number of hydrogen-bond donors (Lipinski definition) is 1. The first kappa shape index (κ1) is 15.5. The molecule has 1 heterocycles. The predicted molar refractivity (Wildman–Crippen MR) is 94.2 cm³/mol. The maximum absolute atomic E-state index is 14.5. The Hall–Kier alpha value is -2.40. The quantitative estimate of drug-likeness (QED) is 0.700. The monoisotopic (exact) mass is 312 g/mol. The van der Waals surface area contributed by atoms with Crippen molar-refractivity contribution in [3.05, 3.63) is 53.8 Å².